The van der Waals surface area contributed by atoms with Crippen LogP contribution < -0.4 is 5.32 Å². The average molecular weight is 311 g/mol. The molecule has 3 heterocycles. The minimum Gasteiger partial charge on any atom is -0.336 e. The number of nitrogens with zero attached hydrogens (tertiary/aromatic N) is 4. The van der Waals surface area contributed by atoms with E-state index in [-0.39, 0.29) is 5.91 Å². The fourth-order valence-corrected chi connectivity index (χ4v) is 3.55. The Morgan fingerprint density at radius 2 is 2.13 bits per heavy atom. The van der Waals surface area contributed by atoms with Crippen molar-refractivity contribution in [2.75, 3.05) is 13.1 Å². The van der Waals surface area contributed by atoms with Crippen LogP contribution in [-0.4, -0.2) is 51.0 Å². The number of likely N-dealkylation sites (tertiary alicyclic amines) is 1. The summed E-state index contributed by atoms with van der Waals surface area (Å²) in [6.07, 6.45) is 5.14. The van der Waals surface area contributed by atoms with Crippen molar-refractivity contribution in [2.45, 2.75) is 38.3 Å². The van der Waals surface area contributed by atoms with Gasteiger partial charge in [0.25, 0.3) is 5.91 Å². The van der Waals surface area contributed by atoms with Gasteiger partial charge in [-0.1, -0.05) is 17.3 Å². The maximum absolute atomic E-state index is 12.7. The van der Waals surface area contributed by atoms with Crippen molar-refractivity contribution in [3.8, 4) is 5.69 Å². The van der Waals surface area contributed by atoms with Gasteiger partial charge in [-0.05, 0) is 43.9 Å². The molecule has 2 saturated heterocycles. The quantitative estimate of drug-likeness (QED) is 0.914. The van der Waals surface area contributed by atoms with E-state index < -0.39 is 0 Å². The number of amides is 1. The van der Waals surface area contributed by atoms with Gasteiger partial charge in [-0.2, -0.15) is 0 Å². The number of aromatic nitrogens is 3. The molecule has 1 aromatic carbocycles. The van der Waals surface area contributed by atoms with E-state index in [1.807, 2.05) is 36.1 Å². The maximum atomic E-state index is 12.7. The van der Waals surface area contributed by atoms with Gasteiger partial charge in [0.05, 0.1) is 11.9 Å². The molecule has 120 valence electrons. The van der Waals surface area contributed by atoms with Crippen LogP contribution in [0.15, 0.2) is 30.5 Å². The molecule has 0 spiro atoms. The van der Waals surface area contributed by atoms with Gasteiger partial charge in [-0.15, -0.1) is 5.10 Å². The smallest absolute Gasteiger partial charge is 0.276 e. The van der Waals surface area contributed by atoms with Crippen molar-refractivity contribution in [2.24, 2.45) is 0 Å². The lowest BCUT2D eigenvalue weighted by Gasteiger charge is -2.23. The Bertz CT molecular complexity index is 725. The van der Waals surface area contributed by atoms with Crippen molar-refractivity contribution < 1.29 is 4.79 Å². The standard InChI is InChI=1S/C17H21N5O/c1-12-3-2-4-15(9-12)22-11-16(19-20-22)17(23)21-8-7-13-5-6-14(10-21)18-13/h2-4,9,11,13-14,18H,5-8,10H2,1H3. The summed E-state index contributed by atoms with van der Waals surface area (Å²) in [5.41, 5.74) is 2.50. The molecule has 2 bridgehead atoms. The van der Waals surface area contributed by atoms with E-state index in [1.165, 1.54) is 6.42 Å². The van der Waals surface area contributed by atoms with Crippen molar-refractivity contribution in [1.82, 2.24) is 25.2 Å². The molecule has 23 heavy (non-hydrogen) atoms. The molecule has 6 nitrogen and oxygen atoms in total. The molecular weight excluding hydrogens is 290 g/mol. The first kappa shape index (κ1) is 14.4. The average Bonchev–Trinajstić information content (AvgIpc) is 3.13. The molecule has 0 saturated carbocycles. The van der Waals surface area contributed by atoms with Gasteiger partial charge in [0.1, 0.15) is 0 Å². The van der Waals surface area contributed by atoms with Gasteiger partial charge >= 0.3 is 0 Å². The molecule has 2 unspecified atom stereocenters. The summed E-state index contributed by atoms with van der Waals surface area (Å²) in [6, 6.07) is 9.00. The van der Waals surface area contributed by atoms with Gasteiger partial charge < -0.3 is 10.2 Å². The molecule has 1 amide bonds. The van der Waals surface area contributed by atoms with E-state index in [1.54, 1.807) is 10.9 Å². The molecule has 2 fully saturated rings. The fourth-order valence-electron chi connectivity index (χ4n) is 3.55. The zero-order chi connectivity index (χ0) is 15.8. The van der Waals surface area contributed by atoms with Crippen LogP contribution in [0.5, 0.6) is 0 Å². The van der Waals surface area contributed by atoms with Crippen LogP contribution in [0.25, 0.3) is 5.69 Å². The van der Waals surface area contributed by atoms with Crippen molar-refractivity contribution >= 4 is 5.91 Å². The highest BCUT2D eigenvalue weighted by Crippen LogP contribution is 2.21. The summed E-state index contributed by atoms with van der Waals surface area (Å²) in [7, 11) is 0. The molecule has 0 aliphatic carbocycles. The third kappa shape index (κ3) is 2.86. The zero-order valence-corrected chi connectivity index (χ0v) is 13.3. The number of fused-ring (bicyclic) bond motifs is 2. The summed E-state index contributed by atoms with van der Waals surface area (Å²) in [4.78, 5) is 14.6. The van der Waals surface area contributed by atoms with Gasteiger partial charge in [0.2, 0.25) is 0 Å². The van der Waals surface area contributed by atoms with Gasteiger partial charge in [0, 0.05) is 25.2 Å². The second-order valence-corrected chi connectivity index (χ2v) is 6.57. The summed E-state index contributed by atoms with van der Waals surface area (Å²) < 4.78 is 1.67. The molecule has 0 radical (unpaired) electrons. The lowest BCUT2D eigenvalue weighted by atomic mass is 10.1. The van der Waals surface area contributed by atoms with Crippen LogP contribution in [0, 0.1) is 6.92 Å². The number of hydrogen-bond acceptors (Lipinski definition) is 4. The number of carbonyl (C=O) groups excluding carboxylic acids is 1. The number of benzene rings is 1. The Balaban J connectivity index is 1.53. The fraction of sp³-hybridized carbons (Fsp3) is 0.471. The first-order chi connectivity index (χ1) is 11.2. The van der Waals surface area contributed by atoms with E-state index in [0.717, 1.165) is 37.2 Å². The second kappa shape index (κ2) is 5.77. The number of nitrogens with one attached hydrogen (secondary N) is 1. The second-order valence-electron chi connectivity index (χ2n) is 6.57. The third-order valence-corrected chi connectivity index (χ3v) is 4.79. The highest BCUT2D eigenvalue weighted by atomic mass is 16.2. The van der Waals surface area contributed by atoms with E-state index in [9.17, 15) is 4.79 Å². The largest absolute Gasteiger partial charge is 0.336 e. The molecule has 2 aliphatic heterocycles. The topological polar surface area (TPSA) is 63.1 Å². The number of aryl methyl sites for hydroxylation is 1. The molecule has 4 rings (SSSR count). The summed E-state index contributed by atoms with van der Waals surface area (Å²) in [6.45, 7) is 3.60. The van der Waals surface area contributed by atoms with Gasteiger partial charge in [0.15, 0.2) is 5.69 Å². The Labute approximate surface area is 135 Å². The highest BCUT2D eigenvalue weighted by Gasteiger charge is 2.32. The molecule has 1 aromatic heterocycles. The third-order valence-electron chi connectivity index (χ3n) is 4.79. The SMILES string of the molecule is Cc1cccc(-n2cc(C(=O)N3CCC4CCC(C3)N4)nn2)c1. The zero-order valence-electron chi connectivity index (χ0n) is 13.3. The summed E-state index contributed by atoms with van der Waals surface area (Å²) in [5, 5.41) is 11.8. The van der Waals surface area contributed by atoms with Crippen molar-refractivity contribution in [3.63, 3.8) is 0 Å². The summed E-state index contributed by atoms with van der Waals surface area (Å²) in [5.74, 6) is -0.0155. The molecular formula is C17H21N5O. The van der Waals surface area contributed by atoms with Crippen LogP contribution in [-0.2, 0) is 0 Å². The Hall–Kier alpha value is -2.21. The van der Waals surface area contributed by atoms with Crippen LogP contribution in [0.2, 0.25) is 0 Å². The monoisotopic (exact) mass is 311 g/mol. The molecule has 6 heteroatoms. The number of rotatable bonds is 2. The molecule has 1 N–H and O–H groups in total. The molecule has 2 aliphatic rings. The predicted molar refractivity (Wildman–Crippen MR) is 86.6 cm³/mol. The van der Waals surface area contributed by atoms with Crippen LogP contribution in [0.3, 0.4) is 0 Å². The Morgan fingerprint density at radius 3 is 3.00 bits per heavy atom. The van der Waals surface area contributed by atoms with E-state index in [4.69, 9.17) is 0 Å². The van der Waals surface area contributed by atoms with Crippen molar-refractivity contribution in [3.05, 3.63) is 41.7 Å². The molecule has 2 atom stereocenters. The molecule has 2 aromatic rings. The van der Waals surface area contributed by atoms with Crippen molar-refractivity contribution in [1.29, 1.82) is 0 Å². The van der Waals surface area contributed by atoms with Crippen LogP contribution in [0.4, 0.5) is 0 Å². The first-order valence-electron chi connectivity index (χ1n) is 8.24. The Kier molecular flexibility index (Phi) is 3.61. The first-order valence-corrected chi connectivity index (χ1v) is 8.24. The normalized spacial score (nSPS) is 23.8. The lowest BCUT2D eigenvalue weighted by Crippen LogP contribution is -2.39. The Morgan fingerprint density at radius 1 is 1.26 bits per heavy atom. The van der Waals surface area contributed by atoms with Gasteiger partial charge in [-0.3, -0.25) is 4.79 Å². The minimum atomic E-state index is -0.0155. The van der Waals surface area contributed by atoms with E-state index in [2.05, 4.69) is 15.6 Å². The predicted octanol–water partition coefficient (Wildman–Crippen LogP) is 1.54. The van der Waals surface area contributed by atoms with Gasteiger partial charge in [-0.25, -0.2) is 4.68 Å². The number of hydrogen-bond donors (Lipinski definition) is 1. The summed E-state index contributed by atoms with van der Waals surface area (Å²) >= 11 is 0. The van der Waals surface area contributed by atoms with Crippen LogP contribution in [0.1, 0.15) is 35.3 Å². The maximum Gasteiger partial charge on any atom is 0.276 e. The van der Waals surface area contributed by atoms with E-state index >= 15 is 0 Å². The van der Waals surface area contributed by atoms with Crippen LogP contribution >= 0.6 is 0 Å². The van der Waals surface area contributed by atoms with E-state index in [0.29, 0.717) is 17.8 Å². The lowest BCUT2D eigenvalue weighted by molar-refractivity contribution is 0.0742. The highest BCUT2D eigenvalue weighted by molar-refractivity contribution is 5.92. The number of carbonyl (C=O) groups is 1. The minimum absolute atomic E-state index is 0.0155.